The molecule has 0 atom stereocenters. The van der Waals surface area contributed by atoms with E-state index in [9.17, 15) is 14.4 Å². The van der Waals surface area contributed by atoms with E-state index in [1.807, 2.05) is 4.98 Å². The largest absolute Gasteiger partial charge is 0.477 e. The minimum absolute atomic E-state index is 0.320. The molecule has 104 valence electrons. The summed E-state index contributed by atoms with van der Waals surface area (Å²) in [6, 6.07) is 0. The average Bonchev–Trinajstić information content (AvgIpc) is 3.14. The third-order valence-electron chi connectivity index (χ3n) is 2.98. The van der Waals surface area contributed by atoms with Crippen LogP contribution in [0.1, 0.15) is 29.6 Å². The Morgan fingerprint density at radius 1 is 1.47 bits per heavy atom. The molecule has 19 heavy (non-hydrogen) atoms. The molecule has 0 saturated heterocycles. The first-order chi connectivity index (χ1) is 9.08. The summed E-state index contributed by atoms with van der Waals surface area (Å²) in [7, 11) is 0. The molecular formula is C12H16N2O5. The second kappa shape index (κ2) is 5.83. The summed E-state index contributed by atoms with van der Waals surface area (Å²) in [4.78, 5) is 35.5. The number of rotatable bonds is 7. The Labute approximate surface area is 108 Å². The Hall–Kier alpha value is -1.89. The molecule has 0 aromatic carbocycles. The van der Waals surface area contributed by atoms with Gasteiger partial charge >= 0.3 is 11.7 Å². The van der Waals surface area contributed by atoms with Crippen molar-refractivity contribution in [2.24, 2.45) is 5.92 Å². The molecule has 0 spiro atoms. The van der Waals surface area contributed by atoms with Crippen LogP contribution in [0.2, 0.25) is 0 Å². The lowest BCUT2D eigenvalue weighted by atomic mass is 10.3. The molecule has 2 N–H and O–H groups in total. The highest BCUT2D eigenvalue weighted by Gasteiger charge is 2.20. The zero-order valence-electron chi connectivity index (χ0n) is 10.4. The van der Waals surface area contributed by atoms with Crippen molar-refractivity contribution in [3.05, 3.63) is 32.6 Å². The zero-order chi connectivity index (χ0) is 13.8. The van der Waals surface area contributed by atoms with Gasteiger partial charge in [0.1, 0.15) is 5.56 Å². The van der Waals surface area contributed by atoms with Crippen LogP contribution in [0.3, 0.4) is 0 Å². The van der Waals surface area contributed by atoms with E-state index in [0.29, 0.717) is 25.5 Å². The van der Waals surface area contributed by atoms with Gasteiger partial charge in [0, 0.05) is 26.0 Å². The Bertz CT molecular complexity index is 570. The number of H-pyrrole nitrogens is 1. The Morgan fingerprint density at radius 2 is 2.21 bits per heavy atom. The number of aromatic nitrogens is 2. The smallest absolute Gasteiger partial charge is 0.342 e. The quantitative estimate of drug-likeness (QED) is 0.680. The minimum atomic E-state index is -1.35. The van der Waals surface area contributed by atoms with Crippen molar-refractivity contribution >= 4 is 5.97 Å². The number of hydrogen-bond donors (Lipinski definition) is 2. The maximum atomic E-state index is 11.5. The molecule has 1 saturated carbocycles. The molecule has 0 amide bonds. The van der Waals surface area contributed by atoms with Gasteiger partial charge in [0.25, 0.3) is 5.56 Å². The van der Waals surface area contributed by atoms with Crippen LogP contribution in [-0.2, 0) is 11.3 Å². The summed E-state index contributed by atoms with van der Waals surface area (Å²) >= 11 is 0. The maximum Gasteiger partial charge on any atom is 0.342 e. The topological polar surface area (TPSA) is 101 Å². The maximum absolute atomic E-state index is 11.5. The number of aromatic carboxylic acids is 1. The molecule has 0 unspecified atom stereocenters. The second-order valence-corrected chi connectivity index (χ2v) is 4.67. The van der Waals surface area contributed by atoms with Gasteiger partial charge in [-0.25, -0.2) is 9.59 Å². The predicted molar refractivity (Wildman–Crippen MR) is 66.4 cm³/mol. The van der Waals surface area contributed by atoms with E-state index in [4.69, 9.17) is 9.84 Å². The molecular weight excluding hydrogens is 252 g/mol. The number of ether oxygens (including phenoxy) is 1. The van der Waals surface area contributed by atoms with Crippen molar-refractivity contribution in [1.82, 2.24) is 9.55 Å². The molecule has 2 rings (SSSR count). The molecule has 0 aliphatic heterocycles. The van der Waals surface area contributed by atoms with Gasteiger partial charge in [0.2, 0.25) is 0 Å². The normalized spacial score (nSPS) is 14.5. The molecule has 7 nitrogen and oxygen atoms in total. The fourth-order valence-corrected chi connectivity index (χ4v) is 1.70. The summed E-state index contributed by atoms with van der Waals surface area (Å²) in [6.45, 7) is 1.59. The summed E-state index contributed by atoms with van der Waals surface area (Å²) < 4.78 is 6.60. The number of hydrogen-bond acceptors (Lipinski definition) is 4. The van der Waals surface area contributed by atoms with Crippen molar-refractivity contribution in [3.63, 3.8) is 0 Å². The lowest BCUT2D eigenvalue weighted by Crippen LogP contribution is -2.33. The highest BCUT2D eigenvalue weighted by Crippen LogP contribution is 2.28. The molecule has 0 bridgehead atoms. The van der Waals surface area contributed by atoms with Gasteiger partial charge in [0.05, 0.1) is 0 Å². The monoisotopic (exact) mass is 268 g/mol. The van der Waals surface area contributed by atoms with E-state index in [-0.39, 0.29) is 0 Å². The molecule has 1 aromatic heterocycles. The average molecular weight is 268 g/mol. The minimum Gasteiger partial charge on any atom is -0.477 e. The Balaban J connectivity index is 1.91. The van der Waals surface area contributed by atoms with E-state index in [0.717, 1.165) is 12.8 Å². The fraction of sp³-hybridized carbons (Fsp3) is 0.583. The lowest BCUT2D eigenvalue weighted by molar-refractivity contribution is 0.0693. The van der Waals surface area contributed by atoms with E-state index in [1.54, 1.807) is 0 Å². The number of carboxylic acids is 1. The van der Waals surface area contributed by atoms with Crippen molar-refractivity contribution in [2.45, 2.75) is 25.8 Å². The molecule has 1 aliphatic rings. The SMILES string of the molecule is O=C(O)c1cn(CCCOCC2CC2)c(=O)[nH]c1=O. The van der Waals surface area contributed by atoms with Crippen LogP contribution in [-0.4, -0.2) is 33.8 Å². The van der Waals surface area contributed by atoms with Crippen molar-refractivity contribution < 1.29 is 14.6 Å². The van der Waals surface area contributed by atoms with Gasteiger partial charge < -0.3 is 9.84 Å². The third kappa shape index (κ3) is 3.78. The van der Waals surface area contributed by atoms with E-state index in [2.05, 4.69) is 0 Å². The van der Waals surface area contributed by atoms with Gasteiger partial charge in [-0.15, -0.1) is 0 Å². The Morgan fingerprint density at radius 3 is 2.84 bits per heavy atom. The number of carbonyl (C=O) groups is 1. The van der Waals surface area contributed by atoms with E-state index < -0.39 is 22.8 Å². The summed E-state index contributed by atoms with van der Waals surface area (Å²) in [5.41, 5.74) is -1.91. The highest BCUT2D eigenvalue weighted by atomic mass is 16.5. The van der Waals surface area contributed by atoms with Crippen LogP contribution in [0.4, 0.5) is 0 Å². The first-order valence-electron chi connectivity index (χ1n) is 6.22. The van der Waals surface area contributed by atoms with Gasteiger partial charge in [-0.2, -0.15) is 0 Å². The number of nitrogens with one attached hydrogen (secondary N) is 1. The van der Waals surface area contributed by atoms with Crippen LogP contribution >= 0.6 is 0 Å². The third-order valence-corrected chi connectivity index (χ3v) is 2.98. The van der Waals surface area contributed by atoms with Crippen LogP contribution in [0.25, 0.3) is 0 Å². The molecule has 1 heterocycles. The number of carboxylic acid groups (broad SMARTS) is 1. The van der Waals surface area contributed by atoms with Crippen LogP contribution in [0.5, 0.6) is 0 Å². The highest BCUT2D eigenvalue weighted by molar-refractivity contribution is 5.86. The van der Waals surface area contributed by atoms with Crippen molar-refractivity contribution in [1.29, 1.82) is 0 Å². The first-order valence-corrected chi connectivity index (χ1v) is 6.22. The summed E-state index contributed by atoms with van der Waals surface area (Å²) in [5.74, 6) is -0.658. The predicted octanol–water partition coefficient (Wildman–Crippen LogP) is 0.0515. The molecule has 1 fully saturated rings. The van der Waals surface area contributed by atoms with Crippen molar-refractivity contribution in [3.8, 4) is 0 Å². The molecule has 7 heteroatoms. The molecule has 0 radical (unpaired) electrons. The fourth-order valence-electron chi connectivity index (χ4n) is 1.70. The van der Waals surface area contributed by atoms with Crippen LogP contribution in [0, 0.1) is 5.92 Å². The first kappa shape index (κ1) is 13.5. The van der Waals surface area contributed by atoms with Gasteiger partial charge in [0.15, 0.2) is 0 Å². The van der Waals surface area contributed by atoms with Gasteiger partial charge in [-0.1, -0.05) is 0 Å². The van der Waals surface area contributed by atoms with Crippen LogP contribution < -0.4 is 11.2 Å². The van der Waals surface area contributed by atoms with Crippen molar-refractivity contribution in [2.75, 3.05) is 13.2 Å². The number of aryl methyl sites for hydroxylation is 1. The number of aromatic amines is 1. The molecule has 1 aliphatic carbocycles. The van der Waals surface area contributed by atoms with Gasteiger partial charge in [-0.05, 0) is 25.2 Å². The lowest BCUT2D eigenvalue weighted by Gasteiger charge is -2.06. The zero-order valence-corrected chi connectivity index (χ0v) is 10.4. The standard InChI is InChI=1S/C12H16N2O5/c15-10-9(11(16)17)6-14(12(18)13-10)4-1-5-19-7-8-2-3-8/h6,8H,1-5,7H2,(H,16,17)(H,13,15,18). The second-order valence-electron chi connectivity index (χ2n) is 4.67. The van der Waals surface area contributed by atoms with E-state index >= 15 is 0 Å². The summed E-state index contributed by atoms with van der Waals surface area (Å²) in [5, 5.41) is 8.80. The molecule has 1 aromatic rings. The van der Waals surface area contributed by atoms with E-state index in [1.165, 1.54) is 17.4 Å². The number of nitrogens with zero attached hydrogens (tertiary/aromatic N) is 1. The van der Waals surface area contributed by atoms with Crippen LogP contribution in [0.15, 0.2) is 15.8 Å². The van der Waals surface area contributed by atoms with Gasteiger partial charge in [-0.3, -0.25) is 14.3 Å². The summed E-state index contributed by atoms with van der Waals surface area (Å²) in [6.07, 6.45) is 4.12. The Kier molecular flexibility index (Phi) is 4.16.